The van der Waals surface area contributed by atoms with Crippen LogP contribution in [0.2, 0.25) is 0 Å². The fourth-order valence-corrected chi connectivity index (χ4v) is 4.01. The molecule has 0 amide bonds. The minimum absolute atomic E-state index is 0.0774. The van der Waals surface area contributed by atoms with E-state index in [-0.39, 0.29) is 11.6 Å². The van der Waals surface area contributed by atoms with Crippen molar-refractivity contribution in [1.29, 1.82) is 0 Å². The van der Waals surface area contributed by atoms with Crippen LogP contribution >= 0.6 is 0 Å². The molecule has 0 radical (unpaired) electrons. The van der Waals surface area contributed by atoms with Gasteiger partial charge in [-0.3, -0.25) is 0 Å². The van der Waals surface area contributed by atoms with Crippen LogP contribution in [0.4, 0.5) is 0 Å². The van der Waals surface area contributed by atoms with Gasteiger partial charge in [-0.25, -0.2) is 0 Å². The van der Waals surface area contributed by atoms with Crippen LogP contribution in [-0.2, 0) is 11.2 Å². The number of likely N-dealkylation sites (N-methyl/N-ethyl adjacent to an activating group) is 1. The number of aryl methyl sites for hydroxylation is 1. The predicted octanol–water partition coefficient (Wildman–Crippen LogP) is 3.62. The molecule has 3 rings (SSSR count). The summed E-state index contributed by atoms with van der Waals surface area (Å²) in [4.78, 5) is 0. The Balaban J connectivity index is 2.01. The molecule has 1 saturated carbocycles. The normalized spacial score (nSPS) is 21.6. The van der Waals surface area contributed by atoms with Crippen LogP contribution in [0.15, 0.2) is 18.2 Å². The predicted molar refractivity (Wildman–Crippen MR) is 84.9 cm³/mol. The Kier molecular flexibility index (Phi) is 4.51. The third-order valence-corrected chi connectivity index (χ3v) is 5.07. The lowest BCUT2D eigenvalue weighted by atomic mass is 9.84. The van der Waals surface area contributed by atoms with E-state index in [1.807, 2.05) is 7.11 Å². The van der Waals surface area contributed by atoms with Gasteiger partial charge in [0.15, 0.2) is 0 Å². The van der Waals surface area contributed by atoms with Crippen LogP contribution in [0.25, 0.3) is 0 Å². The Bertz CT molecular complexity index is 480. The van der Waals surface area contributed by atoms with Gasteiger partial charge in [0.25, 0.3) is 0 Å². The summed E-state index contributed by atoms with van der Waals surface area (Å²) in [6, 6.07) is 6.82. The first kappa shape index (κ1) is 14.9. The van der Waals surface area contributed by atoms with E-state index in [9.17, 15) is 0 Å². The average Bonchev–Trinajstić information content (AvgIpc) is 3.02. The van der Waals surface area contributed by atoms with E-state index in [1.165, 1.54) is 24.0 Å². The molecule has 2 aliphatic rings. The molecule has 1 fully saturated rings. The molecule has 1 unspecified atom stereocenters. The Hall–Kier alpha value is -1.06. The van der Waals surface area contributed by atoms with Crippen LogP contribution in [0, 0.1) is 0 Å². The van der Waals surface area contributed by atoms with E-state index in [0.29, 0.717) is 0 Å². The van der Waals surface area contributed by atoms with E-state index in [0.717, 1.165) is 44.6 Å². The van der Waals surface area contributed by atoms with Crippen molar-refractivity contribution in [2.45, 2.75) is 57.1 Å². The number of methoxy groups -OCH3 is 1. The number of hydrogen-bond acceptors (Lipinski definition) is 3. The molecule has 1 aromatic rings. The molecular weight excluding hydrogens is 262 g/mol. The smallest absolute Gasteiger partial charge is 0.127 e. The van der Waals surface area contributed by atoms with Gasteiger partial charge in [0.1, 0.15) is 5.75 Å². The summed E-state index contributed by atoms with van der Waals surface area (Å²) in [7, 11) is 1.87. The number of hydrogen-bond donors (Lipinski definition) is 1. The summed E-state index contributed by atoms with van der Waals surface area (Å²) in [5, 5.41) is 3.68. The third-order valence-electron chi connectivity index (χ3n) is 5.07. The topological polar surface area (TPSA) is 30.5 Å². The van der Waals surface area contributed by atoms with Gasteiger partial charge in [0.05, 0.1) is 18.2 Å². The van der Waals surface area contributed by atoms with Crippen molar-refractivity contribution in [3.8, 4) is 5.75 Å². The molecule has 1 N–H and O–H groups in total. The number of ether oxygens (including phenoxy) is 2. The first-order valence-electron chi connectivity index (χ1n) is 8.34. The molecule has 1 atom stereocenters. The highest BCUT2D eigenvalue weighted by molar-refractivity contribution is 5.45. The van der Waals surface area contributed by atoms with Crippen molar-refractivity contribution in [3.63, 3.8) is 0 Å². The van der Waals surface area contributed by atoms with Gasteiger partial charge in [0, 0.05) is 12.7 Å². The van der Waals surface area contributed by atoms with Gasteiger partial charge in [-0.05, 0) is 37.8 Å². The first-order valence-corrected chi connectivity index (χ1v) is 8.34. The van der Waals surface area contributed by atoms with E-state index >= 15 is 0 Å². The zero-order chi connectivity index (χ0) is 14.7. The summed E-state index contributed by atoms with van der Waals surface area (Å²) >= 11 is 0. The molecule has 0 aromatic heterocycles. The van der Waals surface area contributed by atoms with Crippen molar-refractivity contribution in [3.05, 3.63) is 29.3 Å². The van der Waals surface area contributed by atoms with Gasteiger partial charge in [-0.2, -0.15) is 0 Å². The standard InChI is InChI=1S/C18H27NO2/c1-3-19-17(18(20-2)11-4-5-12-18)15-10-6-8-14-9-7-13-21-16(14)15/h6,8,10,17,19H,3-5,7,9,11-13H2,1-2H3. The summed E-state index contributed by atoms with van der Waals surface area (Å²) < 4.78 is 12.1. The molecule has 0 bridgehead atoms. The summed E-state index contributed by atoms with van der Waals surface area (Å²) in [5.41, 5.74) is 2.56. The second-order valence-corrected chi connectivity index (χ2v) is 6.25. The second-order valence-electron chi connectivity index (χ2n) is 6.25. The molecular formula is C18H27NO2. The second kappa shape index (κ2) is 6.37. The molecule has 1 aliphatic heterocycles. The maximum absolute atomic E-state index is 6.04. The molecule has 21 heavy (non-hydrogen) atoms. The Labute approximate surface area is 128 Å². The molecule has 0 saturated heterocycles. The summed E-state index contributed by atoms with van der Waals surface area (Å²) in [5.74, 6) is 1.11. The molecule has 0 spiro atoms. The van der Waals surface area contributed by atoms with E-state index in [2.05, 4.69) is 30.4 Å². The van der Waals surface area contributed by atoms with E-state index in [1.54, 1.807) is 0 Å². The molecule has 3 nitrogen and oxygen atoms in total. The highest BCUT2D eigenvalue weighted by atomic mass is 16.5. The maximum atomic E-state index is 6.04. The lowest BCUT2D eigenvalue weighted by molar-refractivity contribution is -0.0371. The molecule has 1 heterocycles. The summed E-state index contributed by atoms with van der Waals surface area (Å²) in [6.45, 7) is 3.95. The highest BCUT2D eigenvalue weighted by Crippen LogP contribution is 2.46. The lowest BCUT2D eigenvalue weighted by Gasteiger charge is -2.38. The van der Waals surface area contributed by atoms with Crippen LogP contribution < -0.4 is 10.1 Å². The van der Waals surface area contributed by atoms with Crippen LogP contribution in [0.1, 0.15) is 56.2 Å². The van der Waals surface area contributed by atoms with E-state index < -0.39 is 0 Å². The molecule has 1 aliphatic carbocycles. The monoisotopic (exact) mass is 289 g/mol. The number of nitrogens with one attached hydrogen (secondary N) is 1. The quantitative estimate of drug-likeness (QED) is 0.898. The fraction of sp³-hybridized carbons (Fsp3) is 0.667. The van der Waals surface area contributed by atoms with Crippen LogP contribution in [0.3, 0.4) is 0 Å². The van der Waals surface area contributed by atoms with Crippen molar-refractivity contribution in [2.75, 3.05) is 20.3 Å². The van der Waals surface area contributed by atoms with Crippen molar-refractivity contribution in [2.24, 2.45) is 0 Å². The number of fused-ring (bicyclic) bond motifs is 1. The van der Waals surface area contributed by atoms with Crippen molar-refractivity contribution < 1.29 is 9.47 Å². The molecule has 3 heteroatoms. The third kappa shape index (κ3) is 2.69. The Morgan fingerprint density at radius 3 is 2.81 bits per heavy atom. The Morgan fingerprint density at radius 1 is 1.29 bits per heavy atom. The SMILES string of the molecule is CCNC(c1cccc2c1OCCC2)C1(OC)CCCC1. The fourth-order valence-electron chi connectivity index (χ4n) is 4.01. The van der Waals surface area contributed by atoms with Gasteiger partial charge >= 0.3 is 0 Å². The zero-order valence-electron chi connectivity index (χ0n) is 13.3. The number of para-hydroxylation sites is 1. The largest absolute Gasteiger partial charge is 0.493 e. The minimum atomic E-state index is -0.0774. The average molecular weight is 289 g/mol. The van der Waals surface area contributed by atoms with Gasteiger partial charge in [-0.15, -0.1) is 0 Å². The minimum Gasteiger partial charge on any atom is -0.493 e. The highest BCUT2D eigenvalue weighted by Gasteiger charge is 2.43. The summed E-state index contributed by atoms with van der Waals surface area (Å²) in [6.07, 6.45) is 7.02. The van der Waals surface area contributed by atoms with Gasteiger partial charge in [-0.1, -0.05) is 38.0 Å². The number of rotatable bonds is 5. The first-order chi connectivity index (χ1) is 10.3. The van der Waals surface area contributed by atoms with E-state index in [4.69, 9.17) is 9.47 Å². The van der Waals surface area contributed by atoms with Gasteiger partial charge in [0.2, 0.25) is 0 Å². The van der Waals surface area contributed by atoms with Gasteiger partial charge < -0.3 is 14.8 Å². The van der Waals surface area contributed by atoms with Crippen molar-refractivity contribution >= 4 is 0 Å². The van der Waals surface area contributed by atoms with Crippen LogP contribution in [0.5, 0.6) is 5.75 Å². The number of benzene rings is 1. The zero-order valence-corrected chi connectivity index (χ0v) is 13.3. The Morgan fingerprint density at radius 2 is 2.10 bits per heavy atom. The van der Waals surface area contributed by atoms with Crippen LogP contribution in [-0.4, -0.2) is 25.9 Å². The molecule has 1 aromatic carbocycles. The molecule has 116 valence electrons. The van der Waals surface area contributed by atoms with Crippen molar-refractivity contribution in [1.82, 2.24) is 5.32 Å². The lowest BCUT2D eigenvalue weighted by Crippen LogP contribution is -2.44. The maximum Gasteiger partial charge on any atom is 0.127 e.